The van der Waals surface area contributed by atoms with Crippen molar-refractivity contribution in [3.8, 4) is 0 Å². The first-order valence-electron chi connectivity index (χ1n) is 21.6. The number of nitrogens with one attached hydrogen (secondary N) is 2. The van der Waals surface area contributed by atoms with Crippen molar-refractivity contribution in [2.45, 2.75) is 152 Å². The van der Waals surface area contributed by atoms with Gasteiger partial charge in [-0.3, -0.25) is 9.59 Å². The number of allylic oxidation sites excluding steroid dienone is 2. The van der Waals surface area contributed by atoms with Gasteiger partial charge in [-0.2, -0.15) is 0 Å². The smallest absolute Gasteiger partial charge is 0.339 e. The highest BCUT2D eigenvalue weighted by Crippen LogP contribution is 2.76. The van der Waals surface area contributed by atoms with E-state index in [2.05, 4.69) is 65.2 Å². The van der Waals surface area contributed by atoms with Crippen LogP contribution in [0.1, 0.15) is 160 Å². The lowest BCUT2D eigenvalue weighted by atomic mass is 9.33. The molecule has 2 amide bonds. The minimum atomic E-state index is -1.14. The van der Waals surface area contributed by atoms with E-state index in [4.69, 9.17) is 4.74 Å². The molecule has 10 nitrogen and oxygen atoms in total. The predicted molar refractivity (Wildman–Crippen MR) is 218 cm³/mol. The highest BCUT2D eigenvalue weighted by Gasteiger charge is 2.69. The third kappa shape index (κ3) is 7.23. The van der Waals surface area contributed by atoms with Crippen molar-refractivity contribution in [2.24, 2.45) is 56.2 Å². The summed E-state index contributed by atoms with van der Waals surface area (Å²) in [5, 5.41) is 25.1. The second-order valence-corrected chi connectivity index (χ2v) is 21.0. The second kappa shape index (κ2) is 15.2. The molecule has 314 valence electrons. The Balaban J connectivity index is 1.20. The van der Waals surface area contributed by atoms with Gasteiger partial charge in [-0.1, -0.05) is 86.1 Å². The van der Waals surface area contributed by atoms with E-state index >= 15 is 0 Å². The average molecular weight is 789 g/mol. The van der Waals surface area contributed by atoms with Crippen LogP contribution in [0.4, 0.5) is 0 Å². The topological polar surface area (TPSA) is 159 Å². The first-order valence-corrected chi connectivity index (χ1v) is 21.6. The van der Waals surface area contributed by atoms with Crippen molar-refractivity contribution in [1.29, 1.82) is 0 Å². The van der Waals surface area contributed by atoms with Crippen LogP contribution in [-0.2, 0) is 19.1 Å². The molecule has 0 aromatic heterocycles. The molecule has 57 heavy (non-hydrogen) atoms. The molecule has 1 aromatic rings. The summed E-state index contributed by atoms with van der Waals surface area (Å²) < 4.78 is 6.24. The number of carbonyl (C=O) groups excluding carboxylic acids is 3. The summed E-state index contributed by atoms with van der Waals surface area (Å²) in [7, 11) is 0. The Morgan fingerprint density at radius 2 is 1.51 bits per heavy atom. The number of benzene rings is 1. The number of esters is 1. The molecule has 0 bridgehead atoms. The van der Waals surface area contributed by atoms with Gasteiger partial charge in [0.2, 0.25) is 11.8 Å². The van der Waals surface area contributed by atoms with Gasteiger partial charge in [0.15, 0.2) is 0 Å². The average Bonchev–Trinajstić information content (AvgIpc) is 3.13. The molecule has 0 heterocycles. The number of carbonyl (C=O) groups is 5. The normalized spacial score (nSPS) is 35.5. The largest absolute Gasteiger partial charge is 0.480 e. The maximum atomic E-state index is 14.5. The second-order valence-electron chi connectivity index (χ2n) is 21.0. The standard InChI is InChI=1S/C47H68N2O8/c1-28(2)37(39(53)54)49-36(50)15-12-26-48-41(56)47-24-22-42(3,4)27-32(47)31-16-17-34-44(7)20-19-35(57-40(55)30-14-11-10-13-29(30)38(51)52)43(5,6)33(44)18-21-46(34,9)45(31,8)23-25-47/h10-11,13-14,16,28,32-35,37H,12,15,17-27H2,1-9H3,(H,48,56)(H,49,50)(H,51,52)(H,53,54)/t32-,33-,34+,35-,37-,44-,45+,46+,47-/m0/s1. The van der Waals surface area contributed by atoms with Gasteiger partial charge in [-0.05, 0) is 128 Å². The minimum absolute atomic E-state index is 0.00705. The molecule has 0 saturated heterocycles. The van der Waals surface area contributed by atoms with Gasteiger partial charge in [0, 0.05) is 18.4 Å². The lowest BCUT2D eigenvalue weighted by Crippen LogP contribution is -2.65. The fourth-order valence-electron chi connectivity index (χ4n) is 13.3. The third-order valence-electron chi connectivity index (χ3n) is 16.8. The predicted octanol–water partition coefficient (Wildman–Crippen LogP) is 8.83. The lowest BCUT2D eigenvalue weighted by Gasteiger charge is -2.71. The van der Waals surface area contributed by atoms with E-state index in [1.165, 1.54) is 17.7 Å². The molecule has 4 saturated carbocycles. The molecule has 9 atom stereocenters. The molecular weight excluding hydrogens is 721 g/mol. The number of carboxylic acid groups (broad SMARTS) is 2. The molecule has 6 rings (SSSR count). The van der Waals surface area contributed by atoms with Crippen LogP contribution >= 0.6 is 0 Å². The summed E-state index contributed by atoms with van der Waals surface area (Å²) in [5.74, 6) is -2.33. The van der Waals surface area contributed by atoms with Crippen LogP contribution < -0.4 is 10.6 Å². The van der Waals surface area contributed by atoms with E-state index < -0.39 is 29.4 Å². The third-order valence-corrected chi connectivity index (χ3v) is 16.8. The Morgan fingerprint density at radius 3 is 2.16 bits per heavy atom. The van der Waals surface area contributed by atoms with Crippen molar-refractivity contribution >= 4 is 29.7 Å². The molecule has 1 aromatic carbocycles. The van der Waals surface area contributed by atoms with E-state index in [-0.39, 0.29) is 74.4 Å². The molecule has 0 radical (unpaired) electrons. The number of amides is 2. The Morgan fingerprint density at radius 1 is 0.842 bits per heavy atom. The van der Waals surface area contributed by atoms with E-state index in [9.17, 15) is 34.2 Å². The monoisotopic (exact) mass is 788 g/mol. The molecular formula is C47H68N2O8. The van der Waals surface area contributed by atoms with Gasteiger partial charge in [-0.25, -0.2) is 14.4 Å². The Hall–Kier alpha value is -3.69. The van der Waals surface area contributed by atoms with Crippen LogP contribution in [0.15, 0.2) is 35.9 Å². The SMILES string of the molecule is CC(C)[C@H](NC(=O)CCCNC(=O)[C@]12CCC(C)(C)C[C@H]1C1=CC[C@@H]3[C@@]4(C)CC[C@H](OC(=O)c5ccccc5C(=O)O)C(C)(C)[C@@H]4CC[C@@]3(C)[C@]1(C)CC2)C(=O)O. The molecule has 5 aliphatic carbocycles. The zero-order chi connectivity index (χ0) is 41.9. The number of ether oxygens (including phenoxy) is 1. The number of aromatic carboxylic acids is 1. The summed E-state index contributed by atoms with van der Waals surface area (Å²) in [6, 6.07) is 5.35. The fraction of sp³-hybridized carbons (Fsp3) is 0.723. The van der Waals surface area contributed by atoms with E-state index in [1.807, 2.05) is 0 Å². The molecule has 0 aliphatic heterocycles. The Bertz CT molecular complexity index is 1810. The van der Waals surface area contributed by atoms with Crippen molar-refractivity contribution < 1.29 is 38.9 Å². The van der Waals surface area contributed by atoms with Gasteiger partial charge in [0.1, 0.15) is 12.1 Å². The van der Waals surface area contributed by atoms with Crippen LogP contribution in [0.25, 0.3) is 0 Å². The molecule has 0 unspecified atom stereocenters. The van der Waals surface area contributed by atoms with Crippen molar-refractivity contribution in [3.05, 3.63) is 47.0 Å². The fourth-order valence-corrected chi connectivity index (χ4v) is 13.3. The lowest BCUT2D eigenvalue weighted by molar-refractivity contribution is -0.204. The number of aliphatic carboxylic acids is 1. The number of rotatable bonds is 11. The van der Waals surface area contributed by atoms with Gasteiger partial charge >= 0.3 is 17.9 Å². The van der Waals surface area contributed by atoms with Crippen molar-refractivity contribution in [1.82, 2.24) is 10.6 Å². The Labute approximate surface area is 339 Å². The van der Waals surface area contributed by atoms with Gasteiger partial charge < -0.3 is 25.6 Å². The van der Waals surface area contributed by atoms with E-state index in [0.717, 1.165) is 64.2 Å². The molecule has 4 N–H and O–H groups in total. The van der Waals surface area contributed by atoms with Crippen LogP contribution in [0.3, 0.4) is 0 Å². The summed E-state index contributed by atoms with van der Waals surface area (Å²) >= 11 is 0. The number of fused-ring (bicyclic) bond motifs is 7. The van der Waals surface area contributed by atoms with Gasteiger partial charge in [0.05, 0.1) is 16.5 Å². The number of carboxylic acids is 2. The highest BCUT2D eigenvalue weighted by molar-refractivity contribution is 6.02. The van der Waals surface area contributed by atoms with Crippen LogP contribution in [-0.4, -0.2) is 58.6 Å². The number of hydrogen-bond donors (Lipinski definition) is 4. The maximum absolute atomic E-state index is 14.5. The number of hydrogen-bond acceptors (Lipinski definition) is 6. The van der Waals surface area contributed by atoms with E-state index in [1.54, 1.807) is 26.0 Å². The first kappa shape index (κ1) is 42.9. The van der Waals surface area contributed by atoms with E-state index in [0.29, 0.717) is 24.8 Å². The summed E-state index contributed by atoms with van der Waals surface area (Å²) in [4.78, 5) is 64.1. The zero-order valence-electron chi connectivity index (χ0n) is 35.9. The summed E-state index contributed by atoms with van der Waals surface area (Å²) in [6.45, 7) is 20.6. The minimum Gasteiger partial charge on any atom is -0.480 e. The molecule has 4 fully saturated rings. The van der Waals surface area contributed by atoms with Crippen LogP contribution in [0, 0.1) is 56.2 Å². The first-order chi connectivity index (χ1) is 26.5. The molecule has 10 heteroatoms. The zero-order valence-corrected chi connectivity index (χ0v) is 35.9. The van der Waals surface area contributed by atoms with Crippen LogP contribution in [0.2, 0.25) is 0 Å². The van der Waals surface area contributed by atoms with Crippen molar-refractivity contribution in [3.63, 3.8) is 0 Å². The van der Waals surface area contributed by atoms with Gasteiger partial charge in [0.25, 0.3) is 0 Å². The van der Waals surface area contributed by atoms with Crippen molar-refractivity contribution in [2.75, 3.05) is 6.54 Å². The van der Waals surface area contributed by atoms with Gasteiger partial charge in [-0.15, -0.1) is 0 Å². The van der Waals surface area contributed by atoms with Crippen LogP contribution in [0.5, 0.6) is 0 Å². The molecule has 0 spiro atoms. The summed E-state index contributed by atoms with van der Waals surface area (Å²) in [6.07, 6.45) is 12.0. The molecule has 5 aliphatic rings. The highest BCUT2D eigenvalue weighted by atomic mass is 16.5. The Kier molecular flexibility index (Phi) is 11.4. The quantitative estimate of drug-likeness (QED) is 0.0984. The summed E-state index contributed by atoms with van der Waals surface area (Å²) in [5.41, 5.74) is 0.776. The maximum Gasteiger partial charge on any atom is 0.339 e.